The zero-order valence-electron chi connectivity index (χ0n) is 13.7. The smallest absolute Gasteiger partial charge is 0.410 e. The van der Waals surface area contributed by atoms with E-state index in [0.717, 1.165) is 31.1 Å². The summed E-state index contributed by atoms with van der Waals surface area (Å²) in [5.41, 5.74) is 0.557. The Morgan fingerprint density at radius 1 is 1.32 bits per heavy atom. The highest BCUT2D eigenvalue weighted by Gasteiger charge is 2.29. The molecule has 0 N–H and O–H groups in total. The molecule has 2 heterocycles. The lowest BCUT2D eigenvalue weighted by atomic mass is 10.2. The van der Waals surface area contributed by atoms with E-state index in [1.54, 1.807) is 4.90 Å². The van der Waals surface area contributed by atoms with Crippen molar-refractivity contribution in [1.29, 1.82) is 0 Å². The highest BCUT2D eigenvalue weighted by Crippen LogP contribution is 2.40. The quantitative estimate of drug-likeness (QED) is 0.859. The first-order chi connectivity index (χ1) is 10.4. The van der Waals surface area contributed by atoms with E-state index in [4.69, 9.17) is 9.26 Å². The SMILES string of the molecule is CC(C)(C)OC(=O)N1CCN(Cc2cc(C3CC3)on2)CC1. The Hall–Kier alpha value is -1.56. The fourth-order valence-electron chi connectivity index (χ4n) is 2.61. The normalized spacial score (nSPS) is 20.2. The largest absolute Gasteiger partial charge is 0.444 e. The van der Waals surface area contributed by atoms with Gasteiger partial charge < -0.3 is 14.2 Å². The standard InChI is InChI=1S/C16H25N3O3/c1-16(2,3)21-15(20)19-8-6-18(7-9-19)11-13-10-14(22-17-13)12-4-5-12/h10,12H,4-9,11H2,1-3H3. The summed E-state index contributed by atoms with van der Waals surface area (Å²) in [7, 11) is 0. The summed E-state index contributed by atoms with van der Waals surface area (Å²) >= 11 is 0. The van der Waals surface area contributed by atoms with Gasteiger partial charge in [-0.15, -0.1) is 0 Å². The third-order valence-electron chi connectivity index (χ3n) is 3.97. The molecule has 0 radical (unpaired) electrons. The molecule has 0 atom stereocenters. The fraction of sp³-hybridized carbons (Fsp3) is 0.750. The number of aromatic nitrogens is 1. The van der Waals surface area contributed by atoms with E-state index >= 15 is 0 Å². The van der Waals surface area contributed by atoms with Crippen molar-refractivity contribution in [2.45, 2.75) is 51.7 Å². The fourth-order valence-corrected chi connectivity index (χ4v) is 2.61. The van der Waals surface area contributed by atoms with Gasteiger partial charge >= 0.3 is 6.09 Å². The zero-order chi connectivity index (χ0) is 15.7. The molecule has 1 saturated carbocycles. The van der Waals surface area contributed by atoms with E-state index < -0.39 is 5.60 Å². The first-order valence-corrected chi connectivity index (χ1v) is 8.06. The molecule has 2 fully saturated rings. The summed E-state index contributed by atoms with van der Waals surface area (Å²) in [5, 5.41) is 4.15. The Morgan fingerprint density at radius 3 is 2.59 bits per heavy atom. The van der Waals surface area contributed by atoms with Gasteiger partial charge in [-0.3, -0.25) is 4.90 Å². The molecule has 1 saturated heterocycles. The van der Waals surface area contributed by atoms with Crippen molar-refractivity contribution in [3.05, 3.63) is 17.5 Å². The summed E-state index contributed by atoms with van der Waals surface area (Å²) < 4.78 is 10.8. The van der Waals surface area contributed by atoms with E-state index in [9.17, 15) is 4.79 Å². The predicted octanol–water partition coefficient (Wildman–Crippen LogP) is 2.60. The lowest BCUT2D eigenvalue weighted by molar-refractivity contribution is 0.0137. The monoisotopic (exact) mass is 307 g/mol. The maximum Gasteiger partial charge on any atom is 0.410 e. The van der Waals surface area contributed by atoms with E-state index in [1.807, 2.05) is 20.8 Å². The number of hydrogen-bond donors (Lipinski definition) is 0. The number of piperazine rings is 1. The number of carbonyl (C=O) groups excluding carboxylic acids is 1. The minimum absolute atomic E-state index is 0.218. The Labute approximate surface area is 131 Å². The van der Waals surface area contributed by atoms with Gasteiger partial charge in [-0.1, -0.05) is 5.16 Å². The lowest BCUT2D eigenvalue weighted by Crippen LogP contribution is -2.49. The molecule has 2 aliphatic rings. The molecule has 0 bridgehead atoms. The second-order valence-electron chi connectivity index (χ2n) is 7.24. The Morgan fingerprint density at radius 2 is 2.00 bits per heavy atom. The van der Waals surface area contributed by atoms with Gasteiger partial charge in [0.2, 0.25) is 0 Å². The van der Waals surface area contributed by atoms with Crippen LogP contribution in [0.15, 0.2) is 10.6 Å². The molecule has 1 aromatic rings. The molecule has 1 aromatic heterocycles. The van der Waals surface area contributed by atoms with Crippen LogP contribution in [-0.4, -0.2) is 52.8 Å². The van der Waals surface area contributed by atoms with E-state index in [0.29, 0.717) is 19.0 Å². The number of amides is 1. The highest BCUT2D eigenvalue weighted by molar-refractivity contribution is 5.68. The summed E-state index contributed by atoms with van der Waals surface area (Å²) in [5.74, 6) is 1.63. The van der Waals surface area contributed by atoms with Crippen LogP contribution in [0.4, 0.5) is 4.79 Å². The molecule has 0 spiro atoms. The lowest BCUT2D eigenvalue weighted by Gasteiger charge is -2.35. The molecule has 1 aliphatic carbocycles. The van der Waals surface area contributed by atoms with E-state index in [2.05, 4.69) is 16.1 Å². The molecule has 1 aliphatic heterocycles. The first kappa shape index (κ1) is 15.3. The van der Waals surface area contributed by atoms with Crippen molar-refractivity contribution in [3.63, 3.8) is 0 Å². The van der Waals surface area contributed by atoms with Gasteiger partial charge in [0.25, 0.3) is 0 Å². The van der Waals surface area contributed by atoms with Crippen LogP contribution in [0.2, 0.25) is 0 Å². The molecule has 3 rings (SSSR count). The second kappa shape index (κ2) is 5.91. The second-order valence-corrected chi connectivity index (χ2v) is 7.24. The van der Waals surface area contributed by atoms with Crippen LogP contribution in [0.5, 0.6) is 0 Å². The maximum absolute atomic E-state index is 12.0. The number of carbonyl (C=O) groups is 1. The van der Waals surface area contributed by atoms with Crippen LogP contribution in [0, 0.1) is 0 Å². The van der Waals surface area contributed by atoms with E-state index in [-0.39, 0.29) is 6.09 Å². The van der Waals surface area contributed by atoms with E-state index in [1.165, 1.54) is 12.8 Å². The number of rotatable bonds is 3. The van der Waals surface area contributed by atoms with Gasteiger partial charge in [0, 0.05) is 44.7 Å². The van der Waals surface area contributed by atoms with Gasteiger partial charge in [0.15, 0.2) is 0 Å². The zero-order valence-corrected chi connectivity index (χ0v) is 13.7. The van der Waals surface area contributed by atoms with Gasteiger partial charge in [0.1, 0.15) is 11.4 Å². The van der Waals surface area contributed by atoms with Gasteiger partial charge in [0.05, 0.1) is 5.69 Å². The summed E-state index contributed by atoms with van der Waals surface area (Å²) in [6.07, 6.45) is 2.23. The van der Waals surface area contributed by atoms with Gasteiger partial charge in [-0.25, -0.2) is 4.79 Å². The third kappa shape index (κ3) is 4.00. The summed E-state index contributed by atoms with van der Waals surface area (Å²) in [4.78, 5) is 16.1. The minimum atomic E-state index is -0.436. The number of nitrogens with zero attached hydrogens (tertiary/aromatic N) is 3. The summed E-state index contributed by atoms with van der Waals surface area (Å²) in [6.45, 7) is 9.54. The number of ether oxygens (including phenoxy) is 1. The number of hydrogen-bond acceptors (Lipinski definition) is 5. The molecule has 6 heteroatoms. The molecular formula is C16H25N3O3. The molecule has 22 heavy (non-hydrogen) atoms. The topological polar surface area (TPSA) is 58.8 Å². The predicted molar refractivity (Wildman–Crippen MR) is 81.6 cm³/mol. The minimum Gasteiger partial charge on any atom is -0.444 e. The summed E-state index contributed by atoms with van der Waals surface area (Å²) in [6, 6.07) is 2.08. The van der Waals surface area contributed by atoms with Crippen molar-refractivity contribution in [3.8, 4) is 0 Å². The van der Waals surface area contributed by atoms with Crippen molar-refractivity contribution in [1.82, 2.24) is 15.0 Å². The van der Waals surface area contributed by atoms with Crippen LogP contribution >= 0.6 is 0 Å². The molecule has 0 aromatic carbocycles. The Balaban J connectivity index is 1.45. The van der Waals surface area contributed by atoms with Crippen molar-refractivity contribution >= 4 is 6.09 Å². The maximum atomic E-state index is 12.0. The van der Waals surface area contributed by atoms with Crippen LogP contribution in [0.3, 0.4) is 0 Å². The van der Waals surface area contributed by atoms with Crippen LogP contribution < -0.4 is 0 Å². The average molecular weight is 307 g/mol. The van der Waals surface area contributed by atoms with Crippen LogP contribution in [-0.2, 0) is 11.3 Å². The highest BCUT2D eigenvalue weighted by atomic mass is 16.6. The van der Waals surface area contributed by atoms with Crippen molar-refractivity contribution in [2.24, 2.45) is 0 Å². The van der Waals surface area contributed by atoms with Crippen molar-refractivity contribution < 1.29 is 14.1 Å². The Bertz CT molecular complexity index is 523. The average Bonchev–Trinajstić information content (AvgIpc) is 3.19. The van der Waals surface area contributed by atoms with Crippen LogP contribution in [0.25, 0.3) is 0 Å². The third-order valence-corrected chi connectivity index (χ3v) is 3.97. The van der Waals surface area contributed by atoms with Crippen molar-refractivity contribution in [2.75, 3.05) is 26.2 Å². The molecule has 122 valence electrons. The molecule has 0 unspecified atom stereocenters. The Kier molecular flexibility index (Phi) is 4.12. The van der Waals surface area contributed by atoms with Gasteiger partial charge in [-0.2, -0.15) is 0 Å². The molecule has 1 amide bonds. The molecular weight excluding hydrogens is 282 g/mol. The molecule has 6 nitrogen and oxygen atoms in total. The van der Waals surface area contributed by atoms with Gasteiger partial charge in [-0.05, 0) is 33.6 Å². The van der Waals surface area contributed by atoms with Crippen LogP contribution in [0.1, 0.15) is 51.0 Å². The first-order valence-electron chi connectivity index (χ1n) is 8.06.